The maximum atomic E-state index is 13.2. The number of ketones is 1. The summed E-state index contributed by atoms with van der Waals surface area (Å²) >= 11 is 0. The Morgan fingerprint density at radius 2 is 2.07 bits per heavy atom. The minimum Gasteiger partial charge on any atom is -0.494 e. The summed E-state index contributed by atoms with van der Waals surface area (Å²) in [6, 6.07) is 3.83. The van der Waals surface area contributed by atoms with E-state index in [1.165, 1.54) is 33.1 Å². The third kappa shape index (κ3) is 2.53. The molecule has 1 aromatic rings. The lowest BCUT2D eigenvalue weighted by atomic mass is 9.97. The first-order valence-corrected chi connectivity index (χ1v) is 4.47. The van der Waals surface area contributed by atoms with Crippen molar-refractivity contribution < 1.29 is 19.0 Å². The Morgan fingerprint density at radius 3 is 2.47 bits per heavy atom. The lowest BCUT2D eigenvalue weighted by molar-refractivity contribution is 0.0487. The molecule has 3 nitrogen and oxygen atoms in total. The van der Waals surface area contributed by atoms with Gasteiger partial charge in [-0.25, -0.2) is 4.39 Å². The number of hydrogen-bond donors (Lipinski definition) is 1. The number of rotatable bonds is 3. The molecule has 0 bridgehead atoms. The third-order valence-electron chi connectivity index (χ3n) is 1.97. The van der Waals surface area contributed by atoms with Crippen molar-refractivity contribution >= 4 is 5.78 Å². The summed E-state index contributed by atoms with van der Waals surface area (Å²) in [6.07, 6.45) is 0. The van der Waals surface area contributed by atoms with Gasteiger partial charge in [-0.2, -0.15) is 0 Å². The molecule has 0 saturated heterocycles. The van der Waals surface area contributed by atoms with Crippen LogP contribution in [-0.2, 0) is 0 Å². The van der Waals surface area contributed by atoms with Gasteiger partial charge in [0.25, 0.3) is 0 Å². The Labute approximate surface area is 87.5 Å². The van der Waals surface area contributed by atoms with Crippen LogP contribution in [0.2, 0.25) is 0 Å². The van der Waals surface area contributed by atoms with E-state index in [1.54, 1.807) is 0 Å². The van der Waals surface area contributed by atoms with Crippen LogP contribution in [0.1, 0.15) is 24.2 Å². The number of benzene rings is 1. The molecule has 0 radical (unpaired) electrons. The smallest absolute Gasteiger partial charge is 0.193 e. The number of ether oxygens (including phenoxy) is 1. The fourth-order valence-corrected chi connectivity index (χ4v) is 1.16. The maximum Gasteiger partial charge on any atom is 0.193 e. The van der Waals surface area contributed by atoms with Gasteiger partial charge >= 0.3 is 0 Å². The Morgan fingerprint density at radius 1 is 1.47 bits per heavy atom. The van der Waals surface area contributed by atoms with Crippen molar-refractivity contribution in [2.24, 2.45) is 0 Å². The molecule has 0 atom stereocenters. The highest BCUT2D eigenvalue weighted by Crippen LogP contribution is 2.20. The molecule has 0 aliphatic rings. The summed E-state index contributed by atoms with van der Waals surface area (Å²) in [5, 5.41) is 9.45. The molecule has 0 saturated carbocycles. The van der Waals surface area contributed by atoms with E-state index < -0.39 is 17.2 Å². The van der Waals surface area contributed by atoms with Crippen molar-refractivity contribution in [1.29, 1.82) is 0 Å². The molecule has 0 amide bonds. The van der Waals surface area contributed by atoms with Gasteiger partial charge in [-0.3, -0.25) is 4.79 Å². The highest BCUT2D eigenvalue weighted by atomic mass is 19.1. The number of methoxy groups -OCH3 is 1. The summed E-state index contributed by atoms with van der Waals surface area (Å²) in [4.78, 5) is 11.6. The number of hydrogen-bond acceptors (Lipinski definition) is 3. The van der Waals surface area contributed by atoms with Gasteiger partial charge < -0.3 is 9.84 Å². The molecule has 0 aliphatic carbocycles. The Balaban J connectivity index is 3.08. The van der Waals surface area contributed by atoms with Crippen LogP contribution in [0.3, 0.4) is 0 Å². The van der Waals surface area contributed by atoms with Crippen molar-refractivity contribution in [3.63, 3.8) is 0 Å². The summed E-state index contributed by atoms with van der Waals surface area (Å²) in [7, 11) is 1.34. The highest BCUT2D eigenvalue weighted by Gasteiger charge is 2.25. The average Bonchev–Trinajstić information content (AvgIpc) is 2.15. The molecule has 1 aromatic carbocycles. The van der Waals surface area contributed by atoms with E-state index in [0.717, 1.165) is 6.07 Å². The summed E-state index contributed by atoms with van der Waals surface area (Å²) in [5.74, 6) is -1.07. The molecule has 0 heterocycles. The van der Waals surface area contributed by atoms with Gasteiger partial charge in [-0.05, 0) is 32.0 Å². The zero-order valence-corrected chi connectivity index (χ0v) is 8.87. The average molecular weight is 212 g/mol. The second-order valence-electron chi connectivity index (χ2n) is 3.74. The third-order valence-corrected chi connectivity index (χ3v) is 1.97. The van der Waals surface area contributed by atoms with Crippen molar-refractivity contribution in [3.8, 4) is 5.75 Å². The van der Waals surface area contributed by atoms with Crippen LogP contribution in [0.5, 0.6) is 5.75 Å². The number of carbonyl (C=O) groups excluding carboxylic acids is 1. The summed E-state index contributed by atoms with van der Waals surface area (Å²) < 4.78 is 18.0. The van der Waals surface area contributed by atoms with Crippen molar-refractivity contribution in [1.82, 2.24) is 0 Å². The van der Waals surface area contributed by atoms with Crippen LogP contribution >= 0.6 is 0 Å². The lowest BCUT2D eigenvalue weighted by Crippen LogP contribution is -2.31. The van der Waals surface area contributed by atoms with Gasteiger partial charge in [0.1, 0.15) is 5.60 Å². The normalized spacial score (nSPS) is 11.3. The van der Waals surface area contributed by atoms with Gasteiger partial charge in [0, 0.05) is 5.56 Å². The monoisotopic (exact) mass is 212 g/mol. The fraction of sp³-hybridized carbons (Fsp3) is 0.364. The summed E-state index contributed by atoms with van der Waals surface area (Å²) in [6.45, 7) is 2.72. The number of aliphatic hydroxyl groups is 1. The van der Waals surface area contributed by atoms with E-state index in [4.69, 9.17) is 4.74 Å². The van der Waals surface area contributed by atoms with Gasteiger partial charge in [0.2, 0.25) is 0 Å². The van der Waals surface area contributed by atoms with Crippen LogP contribution in [0.25, 0.3) is 0 Å². The van der Waals surface area contributed by atoms with Gasteiger partial charge in [-0.1, -0.05) is 0 Å². The second kappa shape index (κ2) is 3.98. The van der Waals surface area contributed by atoms with Crippen LogP contribution < -0.4 is 4.74 Å². The topological polar surface area (TPSA) is 46.5 Å². The van der Waals surface area contributed by atoms with E-state index in [0.29, 0.717) is 0 Å². The fourth-order valence-electron chi connectivity index (χ4n) is 1.16. The molecule has 1 rings (SSSR count). The molecule has 0 aromatic heterocycles. The molecule has 0 fully saturated rings. The predicted molar refractivity (Wildman–Crippen MR) is 53.6 cm³/mol. The molecule has 0 unspecified atom stereocenters. The Hall–Kier alpha value is -1.42. The second-order valence-corrected chi connectivity index (χ2v) is 3.74. The first-order valence-electron chi connectivity index (χ1n) is 4.47. The molecular formula is C11H13FO3. The lowest BCUT2D eigenvalue weighted by Gasteiger charge is -2.15. The first kappa shape index (κ1) is 11.7. The quantitative estimate of drug-likeness (QED) is 0.777. The van der Waals surface area contributed by atoms with Crippen molar-refractivity contribution in [2.75, 3.05) is 7.11 Å². The van der Waals surface area contributed by atoms with Crippen LogP contribution in [0.4, 0.5) is 4.39 Å². The molecule has 4 heteroatoms. The van der Waals surface area contributed by atoms with Crippen molar-refractivity contribution in [3.05, 3.63) is 29.6 Å². The van der Waals surface area contributed by atoms with Gasteiger partial charge in [0.05, 0.1) is 7.11 Å². The number of Topliss-reactive ketones (excluding diaryl/α,β-unsaturated/α-hetero) is 1. The highest BCUT2D eigenvalue weighted by molar-refractivity contribution is 6.01. The molecule has 0 spiro atoms. The van der Waals surface area contributed by atoms with E-state index in [2.05, 4.69) is 0 Å². The van der Waals surface area contributed by atoms with Crippen LogP contribution in [0, 0.1) is 5.82 Å². The molecule has 15 heavy (non-hydrogen) atoms. The van der Waals surface area contributed by atoms with Crippen molar-refractivity contribution in [2.45, 2.75) is 19.4 Å². The van der Waals surface area contributed by atoms with Crippen LogP contribution in [-0.4, -0.2) is 23.6 Å². The van der Waals surface area contributed by atoms with E-state index in [9.17, 15) is 14.3 Å². The SMILES string of the molecule is COc1ccc(C(=O)C(C)(C)O)cc1F. The molecule has 82 valence electrons. The van der Waals surface area contributed by atoms with E-state index in [-0.39, 0.29) is 11.3 Å². The Bertz CT molecular complexity index is 380. The molecule has 1 N–H and O–H groups in total. The number of carbonyl (C=O) groups is 1. The minimum absolute atomic E-state index is 0.0716. The predicted octanol–water partition coefficient (Wildman–Crippen LogP) is 1.79. The van der Waals surface area contributed by atoms with E-state index in [1.807, 2.05) is 0 Å². The van der Waals surface area contributed by atoms with Crippen LogP contribution in [0.15, 0.2) is 18.2 Å². The molecular weight excluding hydrogens is 199 g/mol. The summed E-state index contributed by atoms with van der Waals surface area (Å²) in [5.41, 5.74) is -1.37. The standard InChI is InChI=1S/C11H13FO3/c1-11(2,14)10(13)7-4-5-9(15-3)8(12)6-7/h4-6,14H,1-3H3. The van der Waals surface area contributed by atoms with Gasteiger partial charge in [0.15, 0.2) is 17.3 Å². The number of halogens is 1. The van der Waals surface area contributed by atoms with E-state index >= 15 is 0 Å². The Kier molecular flexibility index (Phi) is 3.09. The molecule has 0 aliphatic heterocycles. The zero-order valence-electron chi connectivity index (χ0n) is 8.87. The zero-order chi connectivity index (χ0) is 11.6. The maximum absolute atomic E-state index is 13.2. The van der Waals surface area contributed by atoms with Gasteiger partial charge in [-0.15, -0.1) is 0 Å². The first-order chi connectivity index (χ1) is 6.86. The largest absolute Gasteiger partial charge is 0.494 e. The minimum atomic E-state index is -1.50.